The van der Waals surface area contributed by atoms with Gasteiger partial charge in [-0.05, 0) is 38.4 Å². The van der Waals surface area contributed by atoms with E-state index >= 15 is 0 Å². The van der Waals surface area contributed by atoms with Crippen molar-refractivity contribution in [3.05, 3.63) is 35.4 Å². The predicted octanol–water partition coefficient (Wildman–Crippen LogP) is 1.55. The molecule has 0 unspecified atom stereocenters. The second-order valence-electron chi connectivity index (χ2n) is 6.38. The van der Waals surface area contributed by atoms with Crippen molar-refractivity contribution in [3.63, 3.8) is 0 Å². The largest absolute Gasteiger partial charge is 0.354 e. The van der Waals surface area contributed by atoms with Crippen LogP contribution in [0.25, 0.3) is 0 Å². The Balaban J connectivity index is 1.90. The van der Waals surface area contributed by atoms with Gasteiger partial charge in [-0.25, -0.2) is 0 Å². The van der Waals surface area contributed by atoms with E-state index in [9.17, 15) is 4.79 Å². The summed E-state index contributed by atoms with van der Waals surface area (Å²) in [7, 11) is 1.86. The number of hydrogen-bond donors (Lipinski definition) is 2. The molecule has 0 aromatic heterocycles. The Morgan fingerprint density at radius 3 is 2.71 bits per heavy atom. The lowest BCUT2D eigenvalue weighted by Crippen LogP contribution is -2.53. The summed E-state index contributed by atoms with van der Waals surface area (Å²) < 4.78 is 0. The summed E-state index contributed by atoms with van der Waals surface area (Å²) in [6.07, 6.45) is 1.63. The number of amides is 1. The quantitative estimate of drug-likeness (QED) is 0.835. The van der Waals surface area contributed by atoms with Gasteiger partial charge in [0.2, 0.25) is 5.91 Å². The first-order chi connectivity index (χ1) is 10.0. The average molecular weight is 289 g/mol. The number of nitrogens with one attached hydrogen (secondary N) is 2. The van der Waals surface area contributed by atoms with Crippen LogP contribution in [-0.2, 0) is 17.8 Å². The van der Waals surface area contributed by atoms with Crippen LogP contribution >= 0.6 is 0 Å². The number of fused-ring (bicyclic) bond motifs is 1. The Labute approximate surface area is 127 Å². The van der Waals surface area contributed by atoms with Gasteiger partial charge in [-0.2, -0.15) is 0 Å². The molecular formula is C17H27N3O. The molecule has 2 N–H and O–H groups in total. The van der Waals surface area contributed by atoms with E-state index < -0.39 is 0 Å². The lowest BCUT2D eigenvalue weighted by Gasteiger charge is -2.41. The fourth-order valence-corrected chi connectivity index (χ4v) is 2.77. The maximum absolute atomic E-state index is 11.8. The van der Waals surface area contributed by atoms with Crippen LogP contribution in [0.15, 0.2) is 24.3 Å². The molecule has 0 saturated carbocycles. The minimum Gasteiger partial charge on any atom is -0.354 e. The molecule has 0 radical (unpaired) electrons. The summed E-state index contributed by atoms with van der Waals surface area (Å²) >= 11 is 0. The lowest BCUT2D eigenvalue weighted by molar-refractivity contribution is -0.121. The molecule has 116 valence electrons. The van der Waals surface area contributed by atoms with Gasteiger partial charge in [0.25, 0.3) is 0 Å². The van der Waals surface area contributed by atoms with E-state index in [0.717, 1.165) is 26.1 Å². The number of rotatable bonds is 6. The van der Waals surface area contributed by atoms with Crippen molar-refractivity contribution in [1.82, 2.24) is 15.5 Å². The van der Waals surface area contributed by atoms with Crippen LogP contribution < -0.4 is 10.6 Å². The summed E-state index contributed by atoms with van der Waals surface area (Å²) in [5.41, 5.74) is 2.85. The molecule has 1 heterocycles. The highest BCUT2D eigenvalue weighted by molar-refractivity contribution is 5.76. The Kier molecular flexibility index (Phi) is 5.37. The van der Waals surface area contributed by atoms with Crippen LogP contribution in [0.5, 0.6) is 0 Å². The van der Waals surface area contributed by atoms with E-state index in [2.05, 4.69) is 53.6 Å². The molecular weight excluding hydrogens is 262 g/mol. The Morgan fingerprint density at radius 1 is 1.29 bits per heavy atom. The molecule has 4 nitrogen and oxygen atoms in total. The first-order valence-corrected chi connectivity index (χ1v) is 7.76. The number of nitrogens with zero attached hydrogens (tertiary/aromatic N) is 1. The molecule has 1 aliphatic heterocycles. The van der Waals surface area contributed by atoms with E-state index in [1.165, 1.54) is 11.1 Å². The molecule has 0 spiro atoms. The van der Waals surface area contributed by atoms with Gasteiger partial charge in [-0.1, -0.05) is 24.3 Å². The maximum Gasteiger partial charge on any atom is 0.221 e. The molecule has 1 aromatic rings. The van der Waals surface area contributed by atoms with Crippen LogP contribution in [0, 0.1) is 0 Å². The second kappa shape index (κ2) is 7.05. The van der Waals surface area contributed by atoms with Gasteiger partial charge >= 0.3 is 0 Å². The van der Waals surface area contributed by atoms with Gasteiger partial charge in [0, 0.05) is 38.1 Å². The summed E-state index contributed by atoms with van der Waals surface area (Å²) in [5.74, 6) is 0.120. The minimum atomic E-state index is -0.0250. The van der Waals surface area contributed by atoms with Crippen molar-refractivity contribution in [3.8, 4) is 0 Å². The van der Waals surface area contributed by atoms with Crippen LogP contribution in [0.4, 0.5) is 0 Å². The number of carbonyl (C=O) groups excluding carboxylic acids is 1. The van der Waals surface area contributed by atoms with Crippen LogP contribution in [0.2, 0.25) is 0 Å². The fraction of sp³-hybridized carbons (Fsp3) is 0.588. The van der Waals surface area contributed by atoms with Gasteiger partial charge in [0.05, 0.1) is 0 Å². The molecule has 0 atom stereocenters. The maximum atomic E-state index is 11.8. The highest BCUT2D eigenvalue weighted by atomic mass is 16.1. The summed E-state index contributed by atoms with van der Waals surface area (Å²) in [6, 6.07) is 8.65. The third-order valence-electron chi connectivity index (χ3n) is 4.31. The van der Waals surface area contributed by atoms with E-state index in [1.54, 1.807) is 0 Å². The summed E-state index contributed by atoms with van der Waals surface area (Å²) in [4.78, 5) is 14.2. The predicted molar refractivity (Wildman–Crippen MR) is 86.2 cm³/mol. The molecule has 1 aliphatic rings. The highest BCUT2D eigenvalue weighted by Gasteiger charge is 2.29. The minimum absolute atomic E-state index is 0.0250. The zero-order valence-electron chi connectivity index (χ0n) is 13.4. The second-order valence-corrected chi connectivity index (χ2v) is 6.38. The first kappa shape index (κ1) is 16.0. The van der Waals surface area contributed by atoms with Gasteiger partial charge in [-0.15, -0.1) is 0 Å². The van der Waals surface area contributed by atoms with E-state index in [0.29, 0.717) is 13.0 Å². The van der Waals surface area contributed by atoms with Crippen LogP contribution in [0.1, 0.15) is 31.4 Å². The lowest BCUT2D eigenvalue weighted by atomic mass is 9.94. The Morgan fingerprint density at radius 2 is 2.00 bits per heavy atom. The van der Waals surface area contributed by atoms with Crippen molar-refractivity contribution < 1.29 is 4.79 Å². The molecule has 0 fully saturated rings. The molecule has 0 saturated heterocycles. The fourth-order valence-electron chi connectivity index (χ4n) is 2.77. The molecule has 1 aromatic carbocycles. The third-order valence-corrected chi connectivity index (χ3v) is 4.31. The van der Waals surface area contributed by atoms with Crippen LogP contribution in [-0.4, -0.2) is 43.0 Å². The van der Waals surface area contributed by atoms with Gasteiger partial charge in [0.1, 0.15) is 0 Å². The monoisotopic (exact) mass is 289 g/mol. The first-order valence-electron chi connectivity index (χ1n) is 7.76. The zero-order chi connectivity index (χ0) is 15.3. The molecule has 0 aliphatic carbocycles. The molecule has 0 bridgehead atoms. The molecule has 21 heavy (non-hydrogen) atoms. The normalized spacial score (nSPS) is 15.6. The van der Waals surface area contributed by atoms with Crippen molar-refractivity contribution in [2.24, 2.45) is 0 Å². The SMILES string of the molecule is CNCCC(=O)NCC(C)(C)N1CCc2ccccc2C1. The number of benzene rings is 1. The smallest absolute Gasteiger partial charge is 0.221 e. The highest BCUT2D eigenvalue weighted by Crippen LogP contribution is 2.24. The standard InChI is InChI=1S/C17H27N3O/c1-17(2,13-19-16(21)8-10-18-3)20-11-9-14-6-4-5-7-15(14)12-20/h4-7,18H,8-13H2,1-3H3,(H,19,21). The van der Waals surface area contributed by atoms with Gasteiger partial charge < -0.3 is 10.6 Å². The van der Waals surface area contributed by atoms with Crippen molar-refractivity contribution in [1.29, 1.82) is 0 Å². The van der Waals surface area contributed by atoms with Crippen molar-refractivity contribution in [2.45, 2.75) is 38.8 Å². The van der Waals surface area contributed by atoms with Crippen molar-refractivity contribution >= 4 is 5.91 Å². The number of hydrogen-bond acceptors (Lipinski definition) is 3. The van der Waals surface area contributed by atoms with E-state index in [1.807, 2.05) is 7.05 Å². The van der Waals surface area contributed by atoms with E-state index in [-0.39, 0.29) is 11.4 Å². The number of carbonyl (C=O) groups is 1. The van der Waals surface area contributed by atoms with E-state index in [4.69, 9.17) is 0 Å². The summed E-state index contributed by atoms with van der Waals surface area (Å²) in [5, 5.41) is 6.06. The molecule has 2 rings (SSSR count). The van der Waals surface area contributed by atoms with Gasteiger partial charge in [0.15, 0.2) is 0 Å². The average Bonchev–Trinajstić information content (AvgIpc) is 2.50. The Bertz CT molecular complexity index is 485. The van der Waals surface area contributed by atoms with Crippen molar-refractivity contribution in [2.75, 3.05) is 26.7 Å². The molecule has 1 amide bonds. The Hall–Kier alpha value is -1.39. The topological polar surface area (TPSA) is 44.4 Å². The zero-order valence-corrected chi connectivity index (χ0v) is 13.4. The summed E-state index contributed by atoms with van der Waals surface area (Å²) in [6.45, 7) is 7.85. The van der Waals surface area contributed by atoms with Crippen LogP contribution in [0.3, 0.4) is 0 Å². The molecule has 4 heteroatoms. The van der Waals surface area contributed by atoms with Gasteiger partial charge in [-0.3, -0.25) is 9.69 Å². The third kappa shape index (κ3) is 4.29.